The quantitative estimate of drug-likeness (QED) is 0.790. The molecule has 2 amide bonds. The van der Waals surface area contributed by atoms with Crippen molar-refractivity contribution in [1.82, 2.24) is 10.2 Å². The number of nitrogens with zero attached hydrogens (tertiary/aromatic N) is 1. The summed E-state index contributed by atoms with van der Waals surface area (Å²) in [4.78, 5) is 27.1. The highest BCUT2D eigenvalue weighted by atomic mass is 16.5. The lowest BCUT2D eigenvalue weighted by molar-refractivity contribution is -0.141. The highest BCUT2D eigenvalue weighted by Gasteiger charge is 2.43. The van der Waals surface area contributed by atoms with E-state index in [2.05, 4.69) is 5.32 Å². The molecule has 27 heavy (non-hydrogen) atoms. The predicted octanol–water partition coefficient (Wildman–Crippen LogP) is 1.97. The fourth-order valence-corrected chi connectivity index (χ4v) is 4.61. The van der Waals surface area contributed by atoms with Gasteiger partial charge in [-0.05, 0) is 50.2 Å². The summed E-state index contributed by atoms with van der Waals surface area (Å²) in [6.45, 7) is 3.77. The highest BCUT2D eigenvalue weighted by Crippen LogP contribution is 2.39. The number of amides is 2. The first-order valence-corrected chi connectivity index (χ1v) is 10.0. The second-order valence-corrected chi connectivity index (χ2v) is 8.36. The number of carbonyl (C=O) groups excluding carboxylic acids is 2. The van der Waals surface area contributed by atoms with Crippen LogP contribution in [0.25, 0.3) is 0 Å². The number of aliphatic hydroxyl groups excluding tert-OH is 1. The molecule has 1 aromatic rings. The molecular formula is C21H28N2O4. The van der Waals surface area contributed by atoms with Gasteiger partial charge in [-0.25, -0.2) is 0 Å². The number of fused-ring (bicyclic) bond motifs is 1. The van der Waals surface area contributed by atoms with E-state index in [4.69, 9.17) is 4.74 Å². The van der Waals surface area contributed by atoms with E-state index in [0.29, 0.717) is 37.4 Å². The lowest BCUT2D eigenvalue weighted by atomic mass is 9.77. The Bertz CT molecular complexity index is 727. The molecule has 1 saturated carbocycles. The average molecular weight is 372 g/mol. The summed E-state index contributed by atoms with van der Waals surface area (Å²) in [7, 11) is 0. The minimum atomic E-state index is -0.426. The zero-order chi connectivity index (χ0) is 19.0. The molecule has 6 heteroatoms. The number of nitrogens with one attached hydrogen (secondary N) is 1. The zero-order valence-corrected chi connectivity index (χ0v) is 15.8. The van der Waals surface area contributed by atoms with Crippen molar-refractivity contribution in [2.24, 2.45) is 11.8 Å². The third-order valence-electron chi connectivity index (χ3n) is 6.45. The maximum Gasteiger partial charge on any atom is 0.255 e. The van der Waals surface area contributed by atoms with Crippen molar-refractivity contribution in [3.8, 4) is 5.75 Å². The number of para-hydroxylation sites is 1. The Balaban J connectivity index is 1.41. The first-order chi connectivity index (χ1) is 13.0. The first kappa shape index (κ1) is 18.3. The van der Waals surface area contributed by atoms with Crippen LogP contribution in [0.4, 0.5) is 0 Å². The minimum Gasteiger partial charge on any atom is -0.485 e. The molecule has 2 N–H and O–H groups in total. The standard InChI is InChI=1S/C21H28N2O4/c1-14-12-23(11-8-17(14)24)20(26)15-6-9-21(10-7-15)13-22-19(25)16-4-2-3-5-18(16)27-21/h2-5,14-15,17,24H,6-13H2,1H3,(H,22,25)/t14-,15?,17+,21?/m1/s1. The summed E-state index contributed by atoms with van der Waals surface area (Å²) in [5.41, 5.74) is 0.151. The molecule has 4 rings (SSSR count). The number of rotatable bonds is 1. The predicted molar refractivity (Wildman–Crippen MR) is 100 cm³/mol. The van der Waals surface area contributed by atoms with E-state index in [1.54, 1.807) is 6.07 Å². The van der Waals surface area contributed by atoms with Crippen molar-refractivity contribution in [1.29, 1.82) is 0 Å². The normalized spacial score (nSPS) is 33.6. The first-order valence-electron chi connectivity index (χ1n) is 10.0. The van der Waals surface area contributed by atoms with E-state index >= 15 is 0 Å². The van der Waals surface area contributed by atoms with E-state index in [-0.39, 0.29) is 29.8 Å². The van der Waals surface area contributed by atoms with Crippen molar-refractivity contribution in [2.75, 3.05) is 19.6 Å². The van der Waals surface area contributed by atoms with Gasteiger partial charge >= 0.3 is 0 Å². The van der Waals surface area contributed by atoms with Gasteiger partial charge in [-0.3, -0.25) is 9.59 Å². The van der Waals surface area contributed by atoms with Crippen molar-refractivity contribution < 1.29 is 19.4 Å². The summed E-state index contributed by atoms with van der Waals surface area (Å²) in [6.07, 6.45) is 3.41. The Kier molecular flexibility index (Phi) is 4.84. The maximum atomic E-state index is 12.9. The molecule has 0 aromatic heterocycles. The molecule has 1 spiro atoms. The van der Waals surface area contributed by atoms with Crippen LogP contribution in [0.15, 0.2) is 24.3 Å². The molecule has 146 valence electrons. The Labute approximate surface area is 159 Å². The summed E-state index contributed by atoms with van der Waals surface area (Å²) in [5, 5.41) is 12.9. The van der Waals surface area contributed by atoms with Crippen molar-refractivity contribution >= 4 is 11.8 Å². The summed E-state index contributed by atoms with van der Waals surface area (Å²) in [6, 6.07) is 7.35. The molecule has 1 saturated heterocycles. The van der Waals surface area contributed by atoms with Gasteiger partial charge in [-0.2, -0.15) is 0 Å². The fraction of sp³-hybridized carbons (Fsp3) is 0.619. The number of hydrogen-bond donors (Lipinski definition) is 2. The molecular weight excluding hydrogens is 344 g/mol. The molecule has 1 aromatic carbocycles. The third kappa shape index (κ3) is 3.55. The number of likely N-dealkylation sites (tertiary alicyclic amines) is 1. The Hall–Kier alpha value is -2.08. The second kappa shape index (κ2) is 7.15. The van der Waals surface area contributed by atoms with Crippen LogP contribution in [-0.2, 0) is 4.79 Å². The summed E-state index contributed by atoms with van der Waals surface area (Å²) < 4.78 is 6.32. The van der Waals surface area contributed by atoms with Crippen molar-refractivity contribution in [3.05, 3.63) is 29.8 Å². The van der Waals surface area contributed by atoms with Crippen LogP contribution in [-0.4, -0.2) is 53.2 Å². The van der Waals surface area contributed by atoms with Crippen LogP contribution in [0.1, 0.15) is 49.4 Å². The Morgan fingerprint density at radius 1 is 1.26 bits per heavy atom. The van der Waals surface area contributed by atoms with E-state index in [1.165, 1.54) is 0 Å². The number of benzene rings is 1. The number of piperidine rings is 1. The molecule has 3 aliphatic rings. The van der Waals surface area contributed by atoms with Gasteiger partial charge in [0.05, 0.1) is 18.2 Å². The number of aliphatic hydroxyl groups is 1. The van der Waals surface area contributed by atoms with Crippen LogP contribution < -0.4 is 10.1 Å². The largest absolute Gasteiger partial charge is 0.485 e. The van der Waals surface area contributed by atoms with Crippen molar-refractivity contribution in [2.45, 2.75) is 50.7 Å². The molecule has 0 bridgehead atoms. The van der Waals surface area contributed by atoms with E-state index < -0.39 is 5.60 Å². The van der Waals surface area contributed by atoms with Crippen LogP contribution in [0.2, 0.25) is 0 Å². The smallest absolute Gasteiger partial charge is 0.255 e. The van der Waals surface area contributed by atoms with Crippen LogP contribution in [0.3, 0.4) is 0 Å². The lowest BCUT2D eigenvalue weighted by Gasteiger charge is -2.41. The van der Waals surface area contributed by atoms with Crippen LogP contribution >= 0.6 is 0 Å². The Morgan fingerprint density at radius 2 is 2.00 bits per heavy atom. The minimum absolute atomic E-state index is 0.0101. The number of hydrogen-bond acceptors (Lipinski definition) is 4. The Morgan fingerprint density at radius 3 is 2.74 bits per heavy atom. The molecule has 1 aliphatic carbocycles. The fourth-order valence-electron chi connectivity index (χ4n) is 4.61. The number of ether oxygens (including phenoxy) is 1. The highest BCUT2D eigenvalue weighted by molar-refractivity contribution is 5.97. The van der Waals surface area contributed by atoms with Gasteiger partial charge in [-0.1, -0.05) is 19.1 Å². The molecule has 6 nitrogen and oxygen atoms in total. The topological polar surface area (TPSA) is 78.9 Å². The van der Waals surface area contributed by atoms with E-state index in [0.717, 1.165) is 25.7 Å². The molecule has 0 unspecified atom stereocenters. The average Bonchev–Trinajstić information content (AvgIpc) is 2.81. The molecule has 0 radical (unpaired) electrons. The van der Waals surface area contributed by atoms with Crippen LogP contribution in [0.5, 0.6) is 5.75 Å². The number of carbonyl (C=O) groups is 2. The molecule has 2 aliphatic heterocycles. The van der Waals surface area contributed by atoms with Gasteiger partial charge in [0, 0.05) is 19.0 Å². The van der Waals surface area contributed by atoms with Gasteiger partial charge in [0.2, 0.25) is 5.91 Å². The molecule has 2 fully saturated rings. The monoisotopic (exact) mass is 372 g/mol. The van der Waals surface area contributed by atoms with Gasteiger partial charge in [0.25, 0.3) is 5.91 Å². The molecule has 2 atom stereocenters. The van der Waals surface area contributed by atoms with Crippen molar-refractivity contribution in [3.63, 3.8) is 0 Å². The zero-order valence-electron chi connectivity index (χ0n) is 15.8. The summed E-state index contributed by atoms with van der Waals surface area (Å²) in [5.74, 6) is 0.893. The second-order valence-electron chi connectivity index (χ2n) is 8.36. The van der Waals surface area contributed by atoms with E-state index in [9.17, 15) is 14.7 Å². The lowest BCUT2D eigenvalue weighted by Crippen LogP contribution is -2.51. The SMILES string of the molecule is C[C@@H]1CN(C(=O)C2CCC3(CC2)CNC(=O)c2ccccc2O3)CC[C@@H]1O. The van der Waals surface area contributed by atoms with E-state index in [1.807, 2.05) is 30.0 Å². The van der Waals surface area contributed by atoms with Gasteiger partial charge in [-0.15, -0.1) is 0 Å². The van der Waals surface area contributed by atoms with Gasteiger partial charge < -0.3 is 20.1 Å². The maximum absolute atomic E-state index is 12.9. The molecule has 2 heterocycles. The van der Waals surface area contributed by atoms with Gasteiger partial charge in [0.1, 0.15) is 11.4 Å². The third-order valence-corrected chi connectivity index (χ3v) is 6.45. The van der Waals surface area contributed by atoms with Gasteiger partial charge in [0.15, 0.2) is 0 Å². The summed E-state index contributed by atoms with van der Waals surface area (Å²) >= 11 is 0. The van der Waals surface area contributed by atoms with Crippen LogP contribution in [0, 0.1) is 11.8 Å².